The van der Waals surface area contributed by atoms with Crippen molar-refractivity contribution in [3.63, 3.8) is 0 Å². The molecule has 0 fully saturated rings. The zero-order chi connectivity index (χ0) is 14.3. The fourth-order valence-electron chi connectivity index (χ4n) is 3.27. The first-order chi connectivity index (χ1) is 9.14. The van der Waals surface area contributed by atoms with Crippen LogP contribution in [0.2, 0.25) is 0 Å². The van der Waals surface area contributed by atoms with Crippen molar-refractivity contribution < 1.29 is 0 Å². The molecule has 0 aliphatic heterocycles. The fraction of sp³-hybridized carbons (Fsp3) is 0.688. The summed E-state index contributed by atoms with van der Waals surface area (Å²) in [6.07, 6.45) is 6.82. The van der Waals surface area contributed by atoms with E-state index in [1.807, 2.05) is 18.5 Å². The van der Waals surface area contributed by atoms with Crippen LogP contribution in [0.3, 0.4) is 0 Å². The number of rotatable bonds is 8. The predicted octanol–water partition coefficient (Wildman–Crippen LogP) is 2.85. The summed E-state index contributed by atoms with van der Waals surface area (Å²) in [6.45, 7) is 11.1. The van der Waals surface area contributed by atoms with E-state index in [9.17, 15) is 0 Å². The molecule has 0 aromatic carbocycles. The Kier molecular flexibility index (Phi) is 6.46. The molecule has 108 valence electrons. The normalized spacial score (nSPS) is 13.8. The average molecular weight is 263 g/mol. The van der Waals surface area contributed by atoms with E-state index in [0.717, 1.165) is 32.4 Å². The zero-order valence-electron chi connectivity index (χ0n) is 12.9. The number of likely N-dealkylation sites (N-methyl/N-ethyl adjacent to an activating group) is 1. The van der Waals surface area contributed by atoms with Gasteiger partial charge in [0.1, 0.15) is 0 Å². The molecule has 0 saturated carbocycles. The Morgan fingerprint density at radius 1 is 1.21 bits per heavy atom. The maximum atomic E-state index is 6.59. The Morgan fingerprint density at radius 2 is 1.84 bits per heavy atom. The number of aromatic nitrogens is 1. The van der Waals surface area contributed by atoms with Gasteiger partial charge in [0.25, 0.3) is 0 Å². The van der Waals surface area contributed by atoms with Crippen molar-refractivity contribution in [3.8, 4) is 0 Å². The van der Waals surface area contributed by atoms with Gasteiger partial charge >= 0.3 is 0 Å². The van der Waals surface area contributed by atoms with E-state index in [2.05, 4.69) is 43.6 Å². The molecule has 19 heavy (non-hydrogen) atoms. The summed E-state index contributed by atoms with van der Waals surface area (Å²) in [5.74, 6) is 0. The summed E-state index contributed by atoms with van der Waals surface area (Å²) in [7, 11) is 0. The second kappa shape index (κ2) is 7.61. The zero-order valence-corrected chi connectivity index (χ0v) is 12.9. The Morgan fingerprint density at radius 3 is 2.26 bits per heavy atom. The molecule has 3 nitrogen and oxygen atoms in total. The van der Waals surface area contributed by atoms with Crippen LogP contribution in [0.5, 0.6) is 0 Å². The highest BCUT2D eigenvalue weighted by molar-refractivity contribution is 5.13. The average Bonchev–Trinajstić information content (AvgIpc) is 2.45. The summed E-state index contributed by atoms with van der Waals surface area (Å²) in [5, 5.41) is 0. The number of pyridine rings is 1. The summed E-state index contributed by atoms with van der Waals surface area (Å²) in [5.41, 5.74) is 7.92. The third kappa shape index (κ3) is 3.54. The fourth-order valence-corrected chi connectivity index (χ4v) is 3.27. The van der Waals surface area contributed by atoms with Crippen molar-refractivity contribution in [2.24, 2.45) is 5.73 Å². The molecule has 2 N–H and O–H groups in total. The Labute approximate surface area is 118 Å². The van der Waals surface area contributed by atoms with E-state index in [-0.39, 0.29) is 11.6 Å². The van der Waals surface area contributed by atoms with Crippen LogP contribution in [0.4, 0.5) is 0 Å². The monoisotopic (exact) mass is 263 g/mol. The highest BCUT2D eigenvalue weighted by atomic mass is 15.2. The van der Waals surface area contributed by atoms with Gasteiger partial charge in [0.15, 0.2) is 0 Å². The van der Waals surface area contributed by atoms with Crippen molar-refractivity contribution >= 4 is 0 Å². The van der Waals surface area contributed by atoms with Crippen molar-refractivity contribution in [1.82, 2.24) is 9.88 Å². The van der Waals surface area contributed by atoms with Crippen LogP contribution >= 0.6 is 0 Å². The highest BCUT2D eigenvalue weighted by Gasteiger charge is 2.37. The summed E-state index contributed by atoms with van der Waals surface area (Å²) < 4.78 is 0. The van der Waals surface area contributed by atoms with Gasteiger partial charge in [-0.25, -0.2) is 0 Å². The minimum absolute atomic E-state index is 0.0966. The first-order valence-corrected chi connectivity index (χ1v) is 7.54. The molecule has 0 aliphatic rings. The number of nitrogens with zero attached hydrogens (tertiary/aromatic N) is 2. The highest BCUT2D eigenvalue weighted by Crippen LogP contribution is 2.28. The topological polar surface area (TPSA) is 42.1 Å². The van der Waals surface area contributed by atoms with Crippen LogP contribution < -0.4 is 5.73 Å². The molecule has 1 unspecified atom stereocenters. The lowest BCUT2D eigenvalue weighted by molar-refractivity contribution is 0.0628. The number of hydrogen-bond acceptors (Lipinski definition) is 3. The molecule has 1 rings (SSSR count). The largest absolute Gasteiger partial charge is 0.326 e. The van der Waals surface area contributed by atoms with Gasteiger partial charge < -0.3 is 5.73 Å². The van der Waals surface area contributed by atoms with E-state index in [4.69, 9.17) is 5.73 Å². The first-order valence-electron chi connectivity index (χ1n) is 7.54. The van der Waals surface area contributed by atoms with Crippen molar-refractivity contribution in [3.05, 3.63) is 30.1 Å². The molecule has 0 aliphatic carbocycles. The maximum absolute atomic E-state index is 6.59. The van der Waals surface area contributed by atoms with Crippen molar-refractivity contribution in [2.75, 3.05) is 13.1 Å². The predicted molar refractivity (Wildman–Crippen MR) is 82.2 cm³/mol. The molecule has 1 aromatic rings. The van der Waals surface area contributed by atoms with Gasteiger partial charge in [-0.3, -0.25) is 9.88 Å². The molecule has 0 saturated heterocycles. The Balaban J connectivity index is 2.91. The van der Waals surface area contributed by atoms with Crippen molar-refractivity contribution in [1.29, 1.82) is 0 Å². The van der Waals surface area contributed by atoms with Crippen LogP contribution in [-0.2, 0) is 6.42 Å². The van der Waals surface area contributed by atoms with E-state index in [1.54, 1.807) is 0 Å². The van der Waals surface area contributed by atoms with Crippen LogP contribution in [0.25, 0.3) is 0 Å². The SMILES string of the molecule is CCN(CC)C(CC)(CC)C(N)Cc1cccnc1. The van der Waals surface area contributed by atoms with E-state index < -0.39 is 0 Å². The first kappa shape index (κ1) is 16.1. The molecule has 0 radical (unpaired) electrons. The third-order valence-electron chi connectivity index (χ3n) is 4.49. The van der Waals surface area contributed by atoms with Gasteiger partial charge in [-0.05, 0) is 44.0 Å². The van der Waals surface area contributed by atoms with Gasteiger partial charge in [-0.2, -0.15) is 0 Å². The Bertz CT molecular complexity index is 342. The second-order valence-corrected chi connectivity index (χ2v) is 5.15. The number of nitrogens with two attached hydrogens (primary N) is 1. The van der Waals surface area contributed by atoms with Gasteiger partial charge in [0, 0.05) is 24.0 Å². The lowest BCUT2D eigenvalue weighted by atomic mass is 9.80. The minimum atomic E-state index is 0.0966. The summed E-state index contributed by atoms with van der Waals surface area (Å²) in [6, 6.07) is 4.25. The molecule has 0 spiro atoms. The van der Waals surface area contributed by atoms with Gasteiger partial charge in [-0.15, -0.1) is 0 Å². The quantitative estimate of drug-likeness (QED) is 0.784. The minimum Gasteiger partial charge on any atom is -0.326 e. The lowest BCUT2D eigenvalue weighted by Crippen LogP contribution is -2.60. The molecule has 1 atom stereocenters. The van der Waals surface area contributed by atoms with Crippen LogP contribution in [-0.4, -0.2) is 34.6 Å². The molecule has 0 amide bonds. The standard InChI is InChI=1S/C16H29N3/c1-5-16(6-2,19(7-3)8-4)15(17)12-14-10-9-11-18-13-14/h9-11,13,15H,5-8,12,17H2,1-4H3. The van der Waals surface area contributed by atoms with Crippen LogP contribution in [0.15, 0.2) is 24.5 Å². The number of hydrogen-bond donors (Lipinski definition) is 1. The van der Waals surface area contributed by atoms with E-state index in [0.29, 0.717) is 0 Å². The summed E-state index contributed by atoms with van der Waals surface area (Å²) >= 11 is 0. The lowest BCUT2D eigenvalue weighted by Gasteiger charge is -2.46. The van der Waals surface area contributed by atoms with Gasteiger partial charge in [0.05, 0.1) is 0 Å². The van der Waals surface area contributed by atoms with E-state index in [1.165, 1.54) is 5.56 Å². The van der Waals surface area contributed by atoms with Crippen LogP contribution in [0, 0.1) is 0 Å². The molecular formula is C16H29N3. The second-order valence-electron chi connectivity index (χ2n) is 5.15. The van der Waals surface area contributed by atoms with Gasteiger partial charge in [0.2, 0.25) is 0 Å². The molecular weight excluding hydrogens is 234 g/mol. The molecule has 1 aromatic heterocycles. The van der Waals surface area contributed by atoms with Crippen LogP contribution in [0.1, 0.15) is 46.1 Å². The molecule has 3 heteroatoms. The van der Waals surface area contributed by atoms with Gasteiger partial charge in [-0.1, -0.05) is 33.8 Å². The Hall–Kier alpha value is -0.930. The van der Waals surface area contributed by atoms with E-state index >= 15 is 0 Å². The third-order valence-corrected chi connectivity index (χ3v) is 4.49. The maximum Gasteiger partial charge on any atom is 0.0358 e. The smallest absolute Gasteiger partial charge is 0.0358 e. The molecule has 1 heterocycles. The molecule has 0 bridgehead atoms. The van der Waals surface area contributed by atoms with Crippen molar-refractivity contribution in [2.45, 2.75) is 58.5 Å². The summed E-state index contributed by atoms with van der Waals surface area (Å²) in [4.78, 5) is 6.71.